The summed E-state index contributed by atoms with van der Waals surface area (Å²) in [6.07, 6.45) is 0. The van der Waals surface area contributed by atoms with Gasteiger partial charge in [0, 0.05) is 11.1 Å². The Labute approximate surface area is 72.1 Å². The third-order valence-electron chi connectivity index (χ3n) is 0.997. The quantitative estimate of drug-likeness (QED) is 0.648. The third-order valence-corrected chi connectivity index (χ3v) is 2.08. The number of hydrogen-bond acceptors (Lipinski definition) is 3. The maximum absolute atomic E-state index is 4.10. The average molecular weight is 175 g/mol. The molecule has 0 radical (unpaired) electrons. The molecule has 0 N–H and O–H groups in total. The fourth-order valence-corrected chi connectivity index (χ4v) is 1.56. The Bertz CT molecular complexity index is 172. The first-order valence-electron chi connectivity index (χ1n) is 3.35. The van der Waals surface area contributed by atoms with Gasteiger partial charge in [-0.25, -0.2) is 0 Å². The first-order chi connectivity index (χ1) is 4.84. The first-order valence-corrected chi connectivity index (χ1v) is 4.82. The van der Waals surface area contributed by atoms with E-state index in [1.807, 2.05) is 19.2 Å². The van der Waals surface area contributed by atoms with E-state index < -0.39 is 0 Å². The Balaban J connectivity index is 0.000000371. The Morgan fingerprint density at radius 3 is 2.40 bits per heavy atom. The van der Waals surface area contributed by atoms with Crippen LogP contribution in [0.15, 0.2) is 5.38 Å². The van der Waals surface area contributed by atoms with Gasteiger partial charge in [0.2, 0.25) is 0 Å². The third kappa shape index (κ3) is 2.71. The Kier molecular flexibility index (Phi) is 5.73. The SMILES string of the molecule is CC.Cc1csnc1CS. The van der Waals surface area contributed by atoms with E-state index in [1.54, 1.807) is 0 Å². The van der Waals surface area contributed by atoms with Crippen molar-refractivity contribution < 1.29 is 0 Å². The summed E-state index contributed by atoms with van der Waals surface area (Å²) in [6.45, 7) is 6.05. The normalized spacial score (nSPS) is 8.40. The molecular formula is C7H13NS2. The van der Waals surface area contributed by atoms with E-state index in [9.17, 15) is 0 Å². The van der Waals surface area contributed by atoms with Crippen molar-refractivity contribution in [3.8, 4) is 0 Å². The maximum atomic E-state index is 4.10. The number of aryl methyl sites for hydroxylation is 1. The van der Waals surface area contributed by atoms with E-state index >= 15 is 0 Å². The van der Waals surface area contributed by atoms with Crippen LogP contribution in [0.1, 0.15) is 25.1 Å². The molecule has 1 rings (SSSR count). The standard InChI is InChI=1S/C5H7NS2.C2H6/c1-4-3-8-6-5(4)2-7;1-2/h3,7H,2H2,1H3;1-2H3. The number of rotatable bonds is 1. The molecule has 0 aromatic carbocycles. The van der Waals surface area contributed by atoms with E-state index in [2.05, 4.69) is 23.9 Å². The second-order valence-corrected chi connectivity index (χ2v) is 2.55. The highest BCUT2D eigenvalue weighted by atomic mass is 32.1. The number of thiol groups is 1. The van der Waals surface area contributed by atoms with Crippen LogP contribution in [0.5, 0.6) is 0 Å². The topological polar surface area (TPSA) is 12.9 Å². The lowest BCUT2D eigenvalue weighted by Gasteiger charge is -1.85. The fourth-order valence-electron chi connectivity index (χ4n) is 0.463. The van der Waals surface area contributed by atoms with Crippen molar-refractivity contribution >= 4 is 24.2 Å². The molecule has 58 valence electrons. The molecular weight excluding hydrogens is 162 g/mol. The molecule has 0 amide bonds. The van der Waals surface area contributed by atoms with Crippen LogP contribution in [0.25, 0.3) is 0 Å². The minimum absolute atomic E-state index is 0.759. The molecule has 0 bridgehead atoms. The zero-order valence-corrected chi connectivity index (χ0v) is 8.30. The van der Waals surface area contributed by atoms with Gasteiger partial charge < -0.3 is 0 Å². The predicted octanol–water partition coefficient (Wildman–Crippen LogP) is 2.91. The van der Waals surface area contributed by atoms with Crippen LogP contribution in [0.3, 0.4) is 0 Å². The Morgan fingerprint density at radius 2 is 2.20 bits per heavy atom. The Hall–Kier alpha value is -0.0200. The second-order valence-electron chi connectivity index (χ2n) is 1.60. The molecule has 0 atom stereocenters. The van der Waals surface area contributed by atoms with Gasteiger partial charge >= 0.3 is 0 Å². The van der Waals surface area contributed by atoms with Crippen molar-refractivity contribution in [2.24, 2.45) is 0 Å². The lowest BCUT2D eigenvalue weighted by Crippen LogP contribution is -1.77. The van der Waals surface area contributed by atoms with Gasteiger partial charge in [0.1, 0.15) is 0 Å². The van der Waals surface area contributed by atoms with E-state index in [0.717, 1.165) is 11.4 Å². The first kappa shape index (κ1) is 9.98. The molecule has 0 aliphatic carbocycles. The smallest absolute Gasteiger partial charge is 0.0667 e. The van der Waals surface area contributed by atoms with Crippen molar-refractivity contribution in [1.29, 1.82) is 0 Å². The molecule has 0 fully saturated rings. The zero-order valence-electron chi connectivity index (χ0n) is 6.59. The van der Waals surface area contributed by atoms with Crippen LogP contribution in [0, 0.1) is 6.92 Å². The van der Waals surface area contributed by atoms with Crippen molar-refractivity contribution in [3.63, 3.8) is 0 Å². The molecule has 1 heterocycles. The van der Waals surface area contributed by atoms with E-state index in [1.165, 1.54) is 17.1 Å². The molecule has 0 aliphatic heterocycles. The van der Waals surface area contributed by atoms with Crippen LogP contribution in [0.2, 0.25) is 0 Å². The molecule has 3 heteroatoms. The van der Waals surface area contributed by atoms with Crippen LogP contribution >= 0.6 is 24.2 Å². The summed E-state index contributed by atoms with van der Waals surface area (Å²) in [6, 6.07) is 0. The minimum Gasteiger partial charge on any atom is -0.197 e. The summed E-state index contributed by atoms with van der Waals surface area (Å²) in [5.74, 6) is 0.759. The zero-order chi connectivity index (χ0) is 7.98. The lowest BCUT2D eigenvalue weighted by molar-refractivity contribution is 1.25. The van der Waals surface area contributed by atoms with Crippen molar-refractivity contribution in [1.82, 2.24) is 4.37 Å². The van der Waals surface area contributed by atoms with Crippen molar-refractivity contribution in [2.75, 3.05) is 0 Å². The molecule has 0 aliphatic rings. The van der Waals surface area contributed by atoms with Crippen molar-refractivity contribution in [3.05, 3.63) is 16.6 Å². The maximum Gasteiger partial charge on any atom is 0.0667 e. The fraction of sp³-hybridized carbons (Fsp3) is 0.571. The van der Waals surface area contributed by atoms with Crippen LogP contribution in [0.4, 0.5) is 0 Å². The van der Waals surface area contributed by atoms with Crippen molar-refractivity contribution in [2.45, 2.75) is 26.5 Å². The van der Waals surface area contributed by atoms with Gasteiger partial charge in [-0.15, -0.1) is 0 Å². The van der Waals surface area contributed by atoms with Gasteiger partial charge in [-0.3, -0.25) is 0 Å². The summed E-state index contributed by atoms with van der Waals surface area (Å²) in [5.41, 5.74) is 2.36. The highest BCUT2D eigenvalue weighted by molar-refractivity contribution is 7.79. The van der Waals surface area contributed by atoms with Gasteiger partial charge in [0.15, 0.2) is 0 Å². The lowest BCUT2D eigenvalue weighted by atomic mass is 10.3. The summed E-state index contributed by atoms with van der Waals surface area (Å²) < 4.78 is 4.10. The average Bonchev–Trinajstić information content (AvgIpc) is 2.39. The highest BCUT2D eigenvalue weighted by Crippen LogP contribution is 2.09. The second kappa shape index (κ2) is 5.74. The molecule has 1 aromatic rings. The summed E-state index contributed by atoms with van der Waals surface area (Å²) in [7, 11) is 0. The number of hydrogen-bond donors (Lipinski definition) is 1. The van der Waals surface area contributed by atoms with Gasteiger partial charge in [-0.2, -0.15) is 17.0 Å². The summed E-state index contributed by atoms with van der Waals surface area (Å²) in [4.78, 5) is 0. The number of nitrogens with zero attached hydrogens (tertiary/aromatic N) is 1. The molecule has 0 saturated heterocycles. The molecule has 1 nitrogen and oxygen atoms in total. The predicted molar refractivity (Wildman–Crippen MR) is 50.9 cm³/mol. The highest BCUT2D eigenvalue weighted by Gasteiger charge is 1.95. The molecule has 0 saturated carbocycles. The largest absolute Gasteiger partial charge is 0.197 e. The molecule has 0 unspecified atom stereocenters. The Morgan fingerprint density at radius 1 is 1.60 bits per heavy atom. The number of aromatic nitrogens is 1. The van der Waals surface area contributed by atoms with Crippen LogP contribution < -0.4 is 0 Å². The van der Waals surface area contributed by atoms with Gasteiger partial charge in [-0.1, -0.05) is 13.8 Å². The monoisotopic (exact) mass is 175 g/mol. The molecule has 1 aromatic heterocycles. The van der Waals surface area contributed by atoms with Gasteiger partial charge in [0.25, 0.3) is 0 Å². The molecule has 10 heavy (non-hydrogen) atoms. The van der Waals surface area contributed by atoms with Gasteiger partial charge in [-0.05, 0) is 24.0 Å². The van der Waals surface area contributed by atoms with Crippen LogP contribution in [-0.4, -0.2) is 4.37 Å². The van der Waals surface area contributed by atoms with E-state index in [0.29, 0.717) is 0 Å². The van der Waals surface area contributed by atoms with Gasteiger partial charge in [0.05, 0.1) is 5.69 Å². The van der Waals surface area contributed by atoms with Crippen LogP contribution in [-0.2, 0) is 5.75 Å². The molecule has 0 spiro atoms. The van der Waals surface area contributed by atoms with E-state index in [4.69, 9.17) is 0 Å². The summed E-state index contributed by atoms with van der Waals surface area (Å²) >= 11 is 5.58. The van der Waals surface area contributed by atoms with E-state index in [-0.39, 0.29) is 0 Å². The summed E-state index contributed by atoms with van der Waals surface area (Å²) in [5, 5.41) is 2.03. The minimum atomic E-state index is 0.759.